The van der Waals surface area contributed by atoms with Crippen LogP contribution in [0.15, 0.2) is 22.7 Å². The summed E-state index contributed by atoms with van der Waals surface area (Å²) in [6, 6.07) is 6.15. The van der Waals surface area contributed by atoms with Crippen molar-refractivity contribution in [1.29, 1.82) is 0 Å². The van der Waals surface area contributed by atoms with Gasteiger partial charge in [0.25, 0.3) is 0 Å². The van der Waals surface area contributed by atoms with E-state index in [1.54, 1.807) is 6.92 Å². The Kier molecular flexibility index (Phi) is 5.29. The van der Waals surface area contributed by atoms with Gasteiger partial charge in [-0.2, -0.15) is 0 Å². The van der Waals surface area contributed by atoms with E-state index in [4.69, 9.17) is 0 Å². The van der Waals surface area contributed by atoms with Crippen molar-refractivity contribution in [3.63, 3.8) is 0 Å². The van der Waals surface area contributed by atoms with Crippen molar-refractivity contribution < 1.29 is 5.11 Å². The first-order chi connectivity index (χ1) is 7.60. The Balaban J connectivity index is 2.95. The Morgan fingerprint density at radius 2 is 2.06 bits per heavy atom. The van der Waals surface area contributed by atoms with Gasteiger partial charge in [-0.25, -0.2) is 0 Å². The lowest BCUT2D eigenvalue weighted by Gasteiger charge is -2.23. The summed E-state index contributed by atoms with van der Waals surface area (Å²) in [7, 11) is 0. The molecule has 0 aliphatic rings. The molecule has 0 radical (unpaired) electrons. The maximum Gasteiger partial charge on any atom is 0.0772 e. The highest BCUT2D eigenvalue weighted by Crippen LogP contribution is 2.28. The summed E-state index contributed by atoms with van der Waals surface area (Å²) >= 11 is 3.51. The summed E-state index contributed by atoms with van der Waals surface area (Å²) < 4.78 is 0.981. The summed E-state index contributed by atoms with van der Waals surface area (Å²) in [6.45, 7) is 8.20. The third-order valence-corrected chi connectivity index (χ3v) is 3.36. The number of hydrogen-bond donors (Lipinski definition) is 1. The van der Waals surface area contributed by atoms with Crippen LogP contribution >= 0.6 is 15.9 Å². The van der Waals surface area contributed by atoms with Crippen molar-refractivity contribution >= 4 is 21.6 Å². The van der Waals surface area contributed by atoms with Crippen LogP contribution in [-0.4, -0.2) is 18.2 Å². The van der Waals surface area contributed by atoms with Gasteiger partial charge in [0.05, 0.1) is 6.10 Å². The third-order valence-electron chi connectivity index (χ3n) is 2.67. The van der Waals surface area contributed by atoms with Crippen molar-refractivity contribution in [2.24, 2.45) is 0 Å². The highest BCUT2D eigenvalue weighted by Gasteiger charge is 2.09. The lowest BCUT2D eigenvalue weighted by atomic mass is 10.1. The fourth-order valence-corrected chi connectivity index (χ4v) is 2.49. The monoisotopic (exact) mass is 285 g/mol. The largest absolute Gasteiger partial charge is 0.389 e. The minimum atomic E-state index is -0.426. The first-order valence-corrected chi connectivity index (χ1v) is 6.61. The van der Waals surface area contributed by atoms with Crippen molar-refractivity contribution in [1.82, 2.24) is 0 Å². The second-order valence-electron chi connectivity index (χ2n) is 3.96. The number of hydrogen-bond acceptors (Lipinski definition) is 2. The lowest BCUT2D eigenvalue weighted by Crippen LogP contribution is -2.23. The predicted molar refractivity (Wildman–Crippen MR) is 73.0 cm³/mol. The van der Waals surface area contributed by atoms with Crippen molar-refractivity contribution in [3.8, 4) is 0 Å². The lowest BCUT2D eigenvalue weighted by molar-refractivity contribution is 0.198. The Morgan fingerprint density at radius 3 is 2.50 bits per heavy atom. The smallest absolute Gasteiger partial charge is 0.0772 e. The van der Waals surface area contributed by atoms with E-state index in [0.29, 0.717) is 0 Å². The molecule has 0 aliphatic heterocycles. The standard InChI is InChI=1S/C13H20BrNO/c1-4-8-15(5-2)11-6-7-12(10(3)16)13(14)9-11/h6-7,9-10,16H,4-5,8H2,1-3H3/t10-/m0/s1. The van der Waals surface area contributed by atoms with Gasteiger partial charge < -0.3 is 10.0 Å². The second-order valence-corrected chi connectivity index (χ2v) is 4.82. The van der Waals surface area contributed by atoms with Gasteiger partial charge in [0, 0.05) is 23.2 Å². The van der Waals surface area contributed by atoms with E-state index >= 15 is 0 Å². The van der Waals surface area contributed by atoms with Gasteiger partial charge in [-0.15, -0.1) is 0 Å². The van der Waals surface area contributed by atoms with E-state index in [1.165, 1.54) is 5.69 Å². The van der Waals surface area contributed by atoms with Gasteiger partial charge in [-0.3, -0.25) is 0 Å². The van der Waals surface area contributed by atoms with Crippen molar-refractivity contribution in [2.75, 3.05) is 18.0 Å². The first-order valence-electron chi connectivity index (χ1n) is 5.82. The summed E-state index contributed by atoms with van der Waals surface area (Å²) in [5, 5.41) is 9.55. The number of aliphatic hydroxyl groups excluding tert-OH is 1. The number of benzene rings is 1. The topological polar surface area (TPSA) is 23.5 Å². The number of aliphatic hydroxyl groups is 1. The fraction of sp³-hybridized carbons (Fsp3) is 0.538. The van der Waals surface area contributed by atoms with E-state index < -0.39 is 6.10 Å². The van der Waals surface area contributed by atoms with Crippen LogP contribution in [0.3, 0.4) is 0 Å². The number of nitrogens with zero attached hydrogens (tertiary/aromatic N) is 1. The summed E-state index contributed by atoms with van der Waals surface area (Å²) in [5.74, 6) is 0. The van der Waals surface area contributed by atoms with E-state index in [1.807, 2.05) is 6.07 Å². The molecule has 0 fully saturated rings. The summed E-state index contributed by atoms with van der Waals surface area (Å²) in [5.41, 5.74) is 2.15. The Bertz CT molecular complexity index is 339. The number of halogens is 1. The van der Waals surface area contributed by atoms with Gasteiger partial charge in [-0.05, 0) is 38.0 Å². The Labute approximate surface area is 106 Å². The highest BCUT2D eigenvalue weighted by molar-refractivity contribution is 9.10. The maximum atomic E-state index is 9.55. The van der Waals surface area contributed by atoms with Crippen LogP contribution in [0, 0.1) is 0 Å². The molecule has 1 atom stereocenters. The minimum Gasteiger partial charge on any atom is -0.389 e. The average molecular weight is 286 g/mol. The fourth-order valence-electron chi connectivity index (χ4n) is 1.79. The predicted octanol–water partition coefficient (Wildman–Crippen LogP) is 3.74. The van der Waals surface area contributed by atoms with Gasteiger partial charge in [0.1, 0.15) is 0 Å². The molecule has 0 unspecified atom stereocenters. The molecule has 3 heteroatoms. The van der Waals surface area contributed by atoms with Crippen molar-refractivity contribution in [2.45, 2.75) is 33.3 Å². The number of rotatable bonds is 5. The molecule has 0 saturated carbocycles. The number of anilines is 1. The molecule has 16 heavy (non-hydrogen) atoms. The van der Waals surface area contributed by atoms with Gasteiger partial charge >= 0.3 is 0 Å². The molecule has 1 aromatic rings. The molecule has 90 valence electrons. The van der Waals surface area contributed by atoms with Gasteiger partial charge in [0.2, 0.25) is 0 Å². The molecule has 1 aromatic carbocycles. The van der Waals surface area contributed by atoms with Crippen LogP contribution in [-0.2, 0) is 0 Å². The molecule has 1 N–H and O–H groups in total. The molecule has 1 rings (SSSR count). The third kappa shape index (κ3) is 3.22. The van der Waals surface area contributed by atoms with Crippen LogP contribution in [0.2, 0.25) is 0 Å². The van der Waals surface area contributed by atoms with Gasteiger partial charge in [0.15, 0.2) is 0 Å². The highest BCUT2D eigenvalue weighted by atomic mass is 79.9. The SMILES string of the molecule is CCCN(CC)c1ccc([C@H](C)O)c(Br)c1. The van der Waals surface area contributed by atoms with E-state index in [-0.39, 0.29) is 0 Å². The Hall–Kier alpha value is -0.540. The zero-order chi connectivity index (χ0) is 12.1. The zero-order valence-electron chi connectivity index (χ0n) is 10.2. The van der Waals surface area contributed by atoms with Crippen LogP contribution in [0.4, 0.5) is 5.69 Å². The molecular weight excluding hydrogens is 266 g/mol. The molecule has 0 bridgehead atoms. The summed E-state index contributed by atoms with van der Waals surface area (Å²) in [6.07, 6.45) is 0.716. The quantitative estimate of drug-likeness (QED) is 0.891. The molecule has 0 aliphatic carbocycles. The molecule has 2 nitrogen and oxygen atoms in total. The van der Waals surface area contributed by atoms with E-state index in [9.17, 15) is 5.11 Å². The normalized spacial score (nSPS) is 12.6. The van der Waals surface area contributed by atoms with Crippen molar-refractivity contribution in [3.05, 3.63) is 28.2 Å². The Morgan fingerprint density at radius 1 is 1.38 bits per heavy atom. The average Bonchev–Trinajstić information content (AvgIpc) is 2.25. The zero-order valence-corrected chi connectivity index (χ0v) is 11.8. The molecule has 0 amide bonds. The molecule has 0 spiro atoms. The molecule has 0 saturated heterocycles. The minimum absolute atomic E-state index is 0.426. The van der Waals surface area contributed by atoms with E-state index in [2.05, 4.69) is 46.8 Å². The first kappa shape index (κ1) is 13.5. The van der Waals surface area contributed by atoms with Crippen LogP contribution < -0.4 is 4.90 Å². The van der Waals surface area contributed by atoms with Crippen LogP contribution in [0.25, 0.3) is 0 Å². The molecular formula is C13H20BrNO. The van der Waals surface area contributed by atoms with E-state index in [0.717, 1.165) is 29.5 Å². The maximum absolute atomic E-state index is 9.55. The molecule has 0 heterocycles. The van der Waals surface area contributed by atoms with Crippen LogP contribution in [0.1, 0.15) is 38.9 Å². The van der Waals surface area contributed by atoms with Crippen LogP contribution in [0.5, 0.6) is 0 Å². The summed E-state index contributed by atoms with van der Waals surface area (Å²) in [4.78, 5) is 2.33. The molecule has 0 aromatic heterocycles. The second kappa shape index (κ2) is 6.26. The van der Waals surface area contributed by atoms with Gasteiger partial charge in [-0.1, -0.05) is 28.9 Å².